The molecule has 80 heavy (non-hydrogen) atoms. The third-order valence-electron chi connectivity index (χ3n) is 15.4. The molecule has 0 spiro atoms. The Balaban J connectivity index is 1.69. The molecule has 4 rings (SSSR count). The van der Waals surface area contributed by atoms with Crippen LogP contribution in [0.2, 0.25) is 0 Å². The highest BCUT2D eigenvalue weighted by molar-refractivity contribution is 5.80. The smallest absolute Gasteiger partial charge is 0.308 e. The average molecular weight is 1140 g/mol. The molecule has 2 bridgehead atoms. The summed E-state index contributed by atoms with van der Waals surface area (Å²) in [6.07, 6.45) is 3.48. The number of aliphatic hydroxyl groups excluding tert-OH is 10. The van der Waals surface area contributed by atoms with Gasteiger partial charge in [-0.1, -0.05) is 98.9 Å². The molecule has 21 atom stereocenters. The Hall–Kier alpha value is -4.05. The van der Waals surface area contributed by atoms with Crippen LogP contribution in [0.4, 0.5) is 0 Å². The first kappa shape index (κ1) is 68.4. The Morgan fingerprint density at radius 2 is 1.27 bits per heavy atom. The lowest BCUT2D eigenvalue weighted by Gasteiger charge is -2.49. The third kappa shape index (κ3) is 21.6. The maximum absolute atomic E-state index is 14.8. The van der Waals surface area contributed by atoms with Crippen LogP contribution in [0.3, 0.4) is 0 Å². The van der Waals surface area contributed by atoms with Gasteiger partial charge >= 0.3 is 5.97 Å². The number of likely N-dealkylation sites (N-methyl/N-ethyl adjacent to an activating group) is 1. The van der Waals surface area contributed by atoms with Crippen molar-refractivity contribution in [2.45, 2.75) is 202 Å². The van der Waals surface area contributed by atoms with E-state index in [9.17, 15) is 70.6 Å². The number of aliphatic hydroxyl groups is 11. The molecular formula is C58H94N4O18. The van der Waals surface area contributed by atoms with Crippen molar-refractivity contribution in [3.8, 4) is 0 Å². The van der Waals surface area contributed by atoms with E-state index in [0.717, 1.165) is 0 Å². The number of nitrogens with one attached hydrogen (secondary N) is 2. The van der Waals surface area contributed by atoms with Gasteiger partial charge in [-0.25, -0.2) is 0 Å². The van der Waals surface area contributed by atoms with Crippen LogP contribution in [0.5, 0.6) is 0 Å². The van der Waals surface area contributed by atoms with Crippen molar-refractivity contribution >= 4 is 17.8 Å². The molecule has 22 heteroatoms. The second kappa shape index (κ2) is 33.9. The second-order valence-electron chi connectivity index (χ2n) is 22.2. The maximum atomic E-state index is 14.8. The number of carbonyl (C=O) groups is 3. The van der Waals surface area contributed by atoms with Crippen molar-refractivity contribution in [3.05, 3.63) is 85.1 Å². The summed E-state index contributed by atoms with van der Waals surface area (Å²) in [4.78, 5) is 43.9. The van der Waals surface area contributed by atoms with E-state index in [1.165, 1.54) is 6.92 Å². The molecule has 0 aromatic rings. The molecule has 0 saturated carbocycles. The molecule has 2 unspecified atom stereocenters. The van der Waals surface area contributed by atoms with Gasteiger partial charge in [0.15, 0.2) is 12.1 Å². The van der Waals surface area contributed by atoms with E-state index in [-0.39, 0.29) is 69.9 Å². The topological polar surface area (TPSA) is 341 Å². The fourth-order valence-electron chi connectivity index (χ4n) is 10.8. The molecular weight excluding hydrogens is 1040 g/mol. The molecule has 2 amide bonds. The van der Waals surface area contributed by atoms with Gasteiger partial charge in [0.2, 0.25) is 11.8 Å². The zero-order valence-electron chi connectivity index (χ0n) is 47.5. The van der Waals surface area contributed by atoms with Crippen LogP contribution in [0.1, 0.15) is 92.9 Å². The number of ether oxygens (including phenoxy) is 4. The van der Waals surface area contributed by atoms with Crippen LogP contribution in [-0.4, -0.2) is 233 Å². The first-order valence-corrected chi connectivity index (χ1v) is 28.2. The highest BCUT2D eigenvalue weighted by Gasteiger charge is 2.52. The minimum atomic E-state index is -2.33. The monoisotopic (exact) mass is 1130 g/mol. The second-order valence-corrected chi connectivity index (χ2v) is 22.2. The standard InChI is InChI=1S/C58H94N4O18/c1-35-20-18-16-14-12-10-8-9-11-13-15-17-19-21-44(79-57-55(74)52(54(73)40(6)78-57)60-49(70)32-59-7)29-48-51(56(75)61-33-36(2)62(24-25-63)37(3)34-61)47(69)31-58(76,80-48)30-43(66)27-46(68)45(67)23-22-41(64)26-42(65)28-50(71)77-39(5)38(4)53(35)72/h8-21,35-48,51-55,57,59,63-69,72-74,76H,22-34H2,1-7H3,(H,60,70)/b9-8+,12-10+,13-11+,16-14+,17-15+,20-18+,21-19+/t35-,36?,37?,38-,39-,40-,41+,42+,43-,44-,45+,46+,47-,48-,51+,52-,53+,54+,55-,57+,58+/m0/s1. The lowest BCUT2D eigenvalue weighted by atomic mass is 9.81. The molecule has 22 nitrogen and oxygen atoms in total. The van der Waals surface area contributed by atoms with E-state index in [0.29, 0.717) is 6.54 Å². The Kier molecular flexibility index (Phi) is 29.0. The highest BCUT2D eigenvalue weighted by atomic mass is 16.7. The van der Waals surface area contributed by atoms with Gasteiger partial charge in [0.1, 0.15) is 18.3 Å². The number of cyclic esters (lactones) is 1. The number of carbonyl (C=O) groups excluding carboxylic acids is 3. The molecule has 0 aromatic heterocycles. The largest absolute Gasteiger partial charge is 0.462 e. The summed E-state index contributed by atoms with van der Waals surface area (Å²) in [6, 6.07) is -1.60. The van der Waals surface area contributed by atoms with E-state index in [2.05, 4.69) is 15.5 Å². The number of amides is 2. The number of fused-ring (bicyclic) bond motifs is 2. The highest BCUT2D eigenvalue weighted by Crippen LogP contribution is 2.39. The predicted molar refractivity (Wildman–Crippen MR) is 297 cm³/mol. The summed E-state index contributed by atoms with van der Waals surface area (Å²) in [5.41, 5.74) is 0. The lowest BCUT2D eigenvalue weighted by Crippen LogP contribution is -2.65. The molecule has 13 N–H and O–H groups in total. The lowest BCUT2D eigenvalue weighted by molar-refractivity contribution is -0.308. The van der Waals surface area contributed by atoms with Gasteiger partial charge in [0.25, 0.3) is 0 Å². The quantitative estimate of drug-likeness (QED) is 0.141. The molecule has 4 heterocycles. The first-order valence-electron chi connectivity index (χ1n) is 28.2. The van der Waals surface area contributed by atoms with Crippen molar-refractivity contribution in [2.75, 3.05) is 39.8 Å². The Morgan fingerprint density at radius 1 is 0.688 bits per heavy atom. The van der Waals surface area contributed by atoms with Crippen LogP contribution in [0, 0.1) is 17.8 Å². The number of rotatable bonds is 8. The van der Waals surface area contributed by atoms with Crippen LogP contribution in [-0.2, 0) is 33.3 Å². The summed E-state index contributed by atoms with van der Waals surface area (Å²) in [5, 5.41) is 128. The predicted octanol–water partition coefficient (Wildman–Crippen LogP) is -0.0825. The maximum Gasteiger partial charge on any atom is 0.308 e. The molecule has 0 radical (unpaired) electrons. The van der Waals surface area contributed by atoms with Gasteiger partial charge in [0.05, 0.1) is 92.6 Å². The molecule has 454 valence electrons. The summed E-state index contributed by atoms with van der Waals surface area (Å²) in [7, 11) is 1.56. The van der Waals surface area contributed by atoms with Gasteiger partial charge in [-0.05, 0) is 54.0 Å². The van der Waals surface area contributed by atoms with Gasteiger partial charge in [-0.2, -0.15) is 0 Å². The molecule has 0 aliphatic carbocycles. The zero-order chi connectivity index (χ0) is 59.3. The summed E-state index contributed by atoms with van der Waals surface area (Å²) < 4.78 is 24.3. The van der Waals surface area contributed by atoms with Gasteiger partial charge in [-0.3, -0.25) is 19.3 Å². The molecule has 0 aromatic carbocycles. The molecule has 3 fully saturated rings. The average Bonchev–Trinajstić information content (AvgIpc) is 3.38. The van der Waals surface area contributed by atoms with E-state index < -0.39 is 153 Å². The van der Waals surface area contributed by atoms with Gasteiger partial charge < -0.3 is 90.7 Å². The number of hydrogen-bond donors (Lipinski definition) is 13. The Bertz CT molecular complexity index is 2100. The number of β-amino-alcohol motifs (C(OH)–C–C–N with tert-alkyl or cyclic N) is 1. The number of allylic oxidation sites excluding steroid dienone is 12. The number of esters is 1. The minimum absolute atomic E-state index is 0.0896. The van der Waals surface area contributed by atoms with Crippen molar-refractivity contribution in [1.82, 2.24) is 20.4 Å². The SMILES string of the molecule is CNCC(=O)N[C@@H]1[C@H](O)[C@@H](O[C@H]2/C=C/C=C/C=C/C=C/C=C/C=C/C=C/[C@H](C)[C@@H](O)[C@@H](C)[C@H](C)OC(=O)C[C@H](O)C[C@H](O)CC[C@@H](O)[C@H](O)C[C@H](O)C[C@]3(O)C[C@H](O)[C@@H](C(=O)N4CC(C)N(CCO)C(C)C4)[C@H](C2)O3)O[C@@H](C)[C@H]1O. The van der Waals surface area contributed by atoms with E-state index in [4.69, 9.17) is 18.9 Å². The van der Waals surface area contributed by atoms with Crippen LogP contribution < -0.4 is 10.6 Å². The van der Waals surface area contributed by atoms with Gasteiger partial charge in [-0.15, -0.1) is 0 Å². The zero-order valence-corrected chi connectivity index (χ0v) is 47.5. The molecule has 4 aliphatic rings. The van der Waals surface area contributed by atoms with E-state index in [1.54, 1.807) is 80.5 Å². The van der Waals surface area contributed by atoms with E-state index >= 15 is 0 Å². The third-order valence-corrected chi connectivity index (χ3v) is 15.4. The Morgan fingerprint density at radius 3 is 1.86 bits per heavy atom. The normalized spacial score (nSPS) is 42.4. The fourth-order valence-corrected chi connectivity index (χ4v) is 10.8. The van der Waals surface area contributed by atoms with Crippen molar-refractivity contribution in [3.63, 3.8) is 0 Å². The fraction of sp³-hybridized carbons (Fsp3) is 0.707. The molecule has 4 aliphatic heterocycles. The minimum Gasteiger partial charge on any atom is -0.462 e. The van der Waals surface area contributed by atoms with Crippen molar-refractivity contribution in [2.24, 2.45) is 17.8 Å². The number of hydrogen-bond acceptors (Lipinski definition) is 20. The Labute approximate surface area is 471 Å². The van der Waals surface area contributed by atoms with Crippen LogP contribution in [0.15, 0.2) is 85.1 Å². The first-order chi connectivity index (χ1) is 37.9. The van der Waals surface area contributed by atoms with Gasteiger partial charge in [0, 0.05) is 69.2 Å². The van der Waals surface area contributed by atoms with Crippen LogP contribution in [0.25, 0.3) is 0 Å². The number of nitrogens with zero attached hydrogens (tertiary/aromatic N) is 2. The summed E-state index contributed by atoms with van der Waals surface area (Å²) >= 11 is 0. The van der Waals surface area contributed by atoms with E-state index in [1.807, 2.05) is 51.2 Å². The molecule has 3 saturated heterocycles. The summed E-state index contributed by atoms with van der Waals surface area (Å²) in [5.74, 6) is -6.17. The van der Waals surface area contributed by atoms with Crippen LogP contribution >= 0.6 is 0 Å². The summed E-state index contributed by atoms with van der Waals surface area (Å²) in [6.45, 7) is 11.2. The van der Waals surface area contributed by atoms with Crippen molar-refractivity contribution in [1.29, 1.82) is 0 Å². The number of piperazine rings is 1. The van der Waals surface area contributed by atoms with Crippen molar-refractivity contribution < 1.29 is 89.5 Å².